The molecule has 0 radical (unpaired) electrons. The molecule has 1 aliphatic heterocycles. The maximum Gasteiger partial charge on any atom is 0.231 e. The first-order valence-electron chi connectivity index (χ1n) is 10.1. The minimum Gasteiger partial charge on any atom is -0.454 e. The van der Waals surface area contributed by atoms with E-state index in [0.717, 1.165) is 54.7 Å². The van der Waals surface area contributed by atoms with Crippen molar-refractivity contribution in [2.75, 3.05) is 13.3 Å². The lowest BCUT2D eigenvalue weighted by Crippen LogP contribution is -2.44. The number of aliphatic hydroxyl groups is 1. The standard InChI is InChI=1S/C23H27NO4/c25-22(24-15-23(26)11-5-2-6-12-23)14-19(17-7-3-1-4-8-17)18-9-10-20-21(13-18)28-16-27-20/h1,3-4,7-10,13,19,26H,2,5-6,11-12,14-16H2,(H,24,25). The third-order valence-corrected chi connectivity index (χ3v) is 5.79. The summed E-state index contributed by atoms with van der Waals surface area (Å²) < 4.78 is 10.9. The second-order valence-corrected chi connectivity index (χ2v) is 7.84. The van der Waals surface area contributed by atoms with Crippen LogP contribution in [0.5, 0.6) is 11.5 Å². The number of amides is 1. The molecule has 2 N–H and O–H groups in total. The van der Waals surface area contributed by atoms with E-state index in [0.29, 0.717) is 13.0 Å². The average molecular weight is 381 g/mol. The number of hydrogen-bond acceptors (Lipinski definition) is 4. The summed E-state index contributed by atoms with van der Waals surface area (Å²) in [6.45, 7) is 0.558. The fraction of sp³-hybridized carbons (Fsp3) is 0.435. The van der Waals surface area contributed by atoms with Crippen LogP contribution in [0.1, 0.15) is 55.6 Å². The number of carbonyl (C=O) groups is 1. The number of nitrogens with one attached hydrogen (secondary N) is 1. The molecule has 0 saturated heterocycles. The highest BCUT2D eigenvalue weighted by Crippen LogP contribution is 2.37. The molecule has 0 bridgehead atoms. The van der Waals surface area contributed by atoms with Crippen molar-refractivity contribution in [3.63, 3.8) is 0 Å². The molecule has 0 spiro atoms. The van der Waals surface area contributed by atoms with E-state index in [1.54, 1.807) is 0 Å². The van der Waals surface area contributed by atoms with Crippen molar-refractivity contribution in [1.29, 1.82) is 0 Å². The molecule has 2 aromatic rings. The molecule has 4 rings (SSSR count). The van der Waals surface area contributed by atoms with Crippen molar-refractivity contribution in [3.05, 3.63) is 59.7 Å². The van der Waals surface area contributed by atoms with Gasteiger partial charge in [0.05, 0.1) is 5.60 Å². The molecule has 1 aliphatic carbocycles. The maximum atomic E-state index is 12.7. The zero-order chi connectivity index (χ0) is 19.4. The van der Waals surface area contributed by atoms with Crippen LogP contribution in [0.25, 0.3) is 0 Å². The predicted octanol–water partition coefficient (Wildman–Crippen LogP) is 3.75. The summed E-state index contributed by atoms with van der Waals surface area (Å²) in [4.78, 5) is 12.7. The number of benzene rings is 2. The van der Waals surface area contributed by atoms with Gasteiger partial charge in [0.2, 0.25) is 12.7 Å². The summed E-state index contributed by atoms with van der Waals surface area (Å²) in [6, 6.07) is 15.9. The van der Waals surface area contributed by atoms with Gasteiger partial charge in [-0.1, -0.05) is 55.7 Å². The Morgan fingerprint density at radius 2 is 1.75 bits per heavy atom. The van der Waals surface area contributed by atoms with Crippen molar-refractivity contribution in [2.24, 2.45) is 0 Å². The first-order chi connectivity index (χ1) is 13.6. The van der Waals surface area contributed by atoms with E-state index in [9.17, 15) is 9.90 Å². The molecule has 5 heteroatoms. The summed E-state index contributed by atoms with van der Waals surface area (Å²) >= 11 is 0. The van der Waals surface area contributed by atoms with Crippen LogP contribution in [-0.2, 0) is 4.79 Å². The van der Waals surface area contributed by atoms with Crippen LogP contribution in [0, 0.1) is 0 Å². The van der Waals surface area contributed by atoms with E-state index < -0.39 is 5.60 Å². The van der Waals surface area contributed by atoms with Gasteiger partial charge in [0.25, 0.3) is 0 Å². The Kier molecular flexibility index (Phi) is 5.53. The number of rotatable bonds is 6. The molecular weight excluding hydrogens is 354 g/mol. The molecule has 0 aromatic heterocycles. The minimum atomic E-state index is -0.755. The summed E-state index contributed by atoms with van der Waals surface area (Å²) in [6.07, 6.45) is 5.05. The van der Waals surface area contributed by atoms with Gasteiger partial charge in [-0.3, -0.25) is 4.79 Å². The van der Waals surface area contributed by atoms with Gasteiger partial charge in [0, 0.05) is 18.9 Å². The Bertz CT molecular complexity index is 815. The molecule has 1 atom stereocenters. The number of ether oxygens (including phenoxy) is 2. The van der Waals surface area contributed by atoms with Crippen molar-refractivity contribution in [3.8, 4) is 11.5 Å². The molecule has 1 heterocycles. The van der Waals surface area contributed by atoms with E-state index >= 15 is 0 Å². The van der Waals surface area contributed by atoms with Gasteiger partial charge in [-0.05, 0) is 36.1 Å². The minimum absolute atomic E-state index is 0.0504. The van der Waals surface area contributed by atoms with Crippen LogP contribution >= 0.6 is 0 Å². The summed E-state index contributed by atoms with van der Waals surface area (Å²) in [5, 5.41) is 13.6. The Morgan fingerprint density at radius 3 is 2.54 bits per heavy atom. The van der Waals surface area contributed by atoms with E-state index in [1.165, 1.54) is 0 Å². The fourth-order valence-corrected chi connectivity index (χ4v) is 4.15. The molecule has 1 fully saturated rings. The van der Waals surface area contributed by atoms with Crippen LogP contribution in [-0.4, -0.2) is 30.0 Å². The number of hydrogen-bond donors (Lipinski definition) is 2. The normalized spacial score (nSPS) is 18.5. The molecule has 5 nitrogen and oxygen atoms in total. The summed E-state index contributed by atoms with van der Waals surface area (Å²) in [7, 11) is 0. The lowest BCUT2D eigenvalue weighted by Gasteiger charge is -2.32. The van der Waals surface area contributed by atoms with Crippen LogP contribution < -0.4 is 14.8 Å². The quantitative estimate of drug-likeness (QED) is 0.800. The van der Waals surface area contributed by atoms with Crippen LogP contribution in [0.15, 0.2) is 48.5 Å². The van der Waals surface area contributed by atoms with Gasteiger partial charge >= 0.3 is 0 Å². The first kappa shape index (κ1) is 18.8. The average Bonchev–Trinajstić information content (AvgIpc) is 3.20. The third kappa shape index (κ3) is 4.30. The fourth-order valence-electron chi connectivity index (χ4n) is 4.15. The van der Waals surface area contributed by atoms with Gasteiger partial charge in [-0.2, -0.15) is 0 Å². The molecular formula is C23H27NO4. The maximum absolute atomic E-state index is 12.7. The van der Waals surface area contributed by atoms with Gasteiger partial charge < -0.3 is 19.9 Å². The second kappa shape index (κ2) is 8.23. The summed E-state index contributed by atoms with van der Waals surface area (Å²) in [5.41, 5.74) is 1.34. The molecule has 2 aromatic carbocycles. The zero-order valence-corrected chi connectivity index (χ0v) is 16.0. The molecule has 1 unspecified atom stereocenters. The number of carbonyl (C=O) groups excluding carboxylic acids is 1. The van der Waals surface area contributed by atoms with Crippen molar-refractivity contribution in [1.82, 2.24) is 5.32 Å². The molecule has 1 saturated carbocycles. The third-order valence-electron chi connectivity index (χ3n) is 5.79. The second-order valence-electron chi connectivity index (χ2n) is 7.84. The van der Waals surface area contributed by atoms with Crippen molar-refractivity contribution in [2.45, 2.75) is 50.0 Å². The molecule has 1 amide bonds. The predicted molar refractivity (Wildman–Crippen MR) is 107 cm³/mol. The monoisotopic (exact) mass is 381 g/mol. The molecule has 28 heavy (non-hydrogen) atoms. The van der Waals surface area contributed by atoms with E-state index in [4.69, 9.17) is 9.47 Å². The summed E-state index contributed by atoms with van der Waals surface area (Å²) in [5.74, 6) is 1.32. The Hall–Kier alpha value is -2.53. The van der Waals surface area contributed by atoms with E-state index in [-0.39, 0.29) is 18.6 Å². The lowest BCUT2D eigenvalue weighted by molar-refractivity contribution is -0.123. The zero-order valence-electron chi connectivity index (χ0n) is 16.0. The van der Waals surface area contributed by atoms with E-state index in [2.05, 4.69) is 5.32 Å². The van der Waals surface area contributed by atoms with Crippen LogP contribution in [0.2, 0.25) is 0 Å². The first-order valence-corrected chi connectivity index (χ1v) is 10.1. The van der Waals surface area contributed by atoms with E-state index in [1.807, 2.05) is 48.5 Å². The van der Waals surface area contributed by atoms with Crippen molar-refractivity contribution < 1.29 is 19.4 Å². The highest BCUT2D eigenvalue weighted by Gasteiger charge is 2.30. The van der Waals surface area contributed by atoms with Gasteiger partial charge in [0.1, 0.15) is 0 Å². The SMILES string of the molecule is O=C(CC(c1ccccc1)c1ccc2c(c1)OCO2)NCC1(O)CCCCC1. The largest absolute Gasteiger partial charge is 0.454 e. The van der Waals surface area contributed by atoms with Crippen molar-refractivity contribution >= 4 is 5.91 Å². The lowest BCUT2D eigenvalue weighted by atomic mass is 9.84. The number of fused-ring (bicyclic) bond motifs is 1. The molecule has 148 valence electrons. The van der Waals surface area contributed by atoms with Gasteiger partial charge in [-0.25, -0.2) is 0 Å². The Balaban J connectivity index is 1.49. The topological polar surface area (TPSA) is 67.8 Å². The Labute approximate surface area is 165 Å². The highest BCUT2D eigenvalue weighted by molar-refractivity contribution is 5.77. The smallest absolute Gasteiger partial charge is 0.231 e. The van der Waals surface area contributed by atoms with Crippen LogP contribution in [0.3, 0.4) is 0 Å². The molecule has 2 aliphatic rings. The highest BCUT2D eigenvalue weighted by atomic mass is 16.7. The van der Waals surface area contributed by atoms with Gasteiger partial charge in [0.15, 0.2) is 11.5 Å². The Morgan fingerprint density at radius 1 is 1.00 bits per heavy atom. The van der Waals surface area contributed by atoms with Crippen LogP contribution in [0.4, 0.5) is 0 Å². The van der Waals surface area contributed by atoms with Gasteiger partial charge in [-0.15, -0.1) is 0 Å².